The Kier molecular flexibility index (Phi) is 4.65. The standard InChI is InChI=1S/C9H8Cl2NO3/c10-6-5-9(11)15-8-3-1-7(2-4-8)12(13)14/h1-5,9H,6H2. The van der Waals surface area contributed by atoms with Crippen molar-refractivity contribution in [1.29, 1.82) is 0 Å². The lowest BCUT2D eigenvalue weighted by Gasteiger charge is -2.10. The van der Waals surface area contributed by atoms with Gasteiger partial charge in [0.15, 0.2) is 5.56 Å². The van der Waals surface area contributed by atoms with E-state index >= 15 is 0 Å². The molecule has 1 aromatic rings. The first-order valence-electron chi connectivity index (χ1n) is 4.08. The maximum Gasteiger partial charge on any atom is 0.269 e. The molecular formula is C9H8Cl2NO3. The van der Waals surface area contributed by atoms with Gasteiger partial charge >= 0.3 is 0 Å². The van der Waals surface area contributed by atoms with Crippen LogP contribution in [0.1, 0.15) is 0 Å². The van der Waals surface area contributed by atoms with E-state index in [1.54, 1.807) is 6.42 Å². The largest absolute Gasteiger partial charge is 0.474 e. The molecule has 1 aromatic carbocycles. The Morgan fingerprint density at radius 3 is 2.53 bits per heavy atom. The lowest BCUT2D eigenvalue weighted by Crippen LogP contribution is -2.09. The van der Waals surface area contributed by atoms with Crippen LogP contribution >= 0.6 is 23.2 Å². The van der Waals surface area contributed by atoms with Gasteiger partial charge < -0.3 is 4.74 Å². The molecule has 0 aliphatic heterocycles. The molecule has 0 saturated heterocycles. The smallest absolute Gasteiger partial charge is 0.269 e. The Morgan fingerprint density at radius 1 is 1.47 bits per heavy atom. The molecular weight excluding hydrogens is 241 g/mol. The molecule has 0 bridgehead atoms. The van der Waals surface area contributed by atoms with Crippen LogP contribution in [0.15, 0.2) is 24.3 Å². The highest BCUT2D eigenvalue weighted by molar-refractivity contribution is 6.23. The zero-order valence-electron chi connectivity index (χ0n) is 7.60. The Balaban J connectivity index is 2.60. The van der Waals surface area contributed by atoms with Crippen molar-refractivity contribution >= 4 is 28.9 Å². The van der Waals surface area contributed by atoms with Crippen LogP contribution in [0.4, 0.5) is 5.69 Å². The molecule has 0 spiro atoms. The van der Waals surface area contributed by atoms with Crippen LogP contribution in [0.5, 0.6) is 5.75 Å². The second-order valence-electron chi connectivity index (χ2n) is 2.61. The summed E-state index contributed by atoms with van der Waals surface area (Å²) in [5.41, 5.74) is -0.626. The van der Waals surface area contributed by atoms with Crippen molar-refractivity contribution in [2.24, 2.45) is 0 Å². The summed E-state index contributed by atoms with van der Waals surface area (Å²) in [6, 6.07) is 5.66. The third-order valence-electron chi connectivity index (χ3n) is 1.57. The molecule has 1 rings (SSSR count). The van der Waals surface area contributed by atoms with Crippen LogP contribution in [-0.4, -0.2) is 16.4 Å². The highest BCUT2D eigenvalue weighted by atomic mass is 35.5. The predicted molar refractivity (Wildman–Crippen MR) is 58.4 cm³/mol. The van der Waals surface area contributed by atoms with Crippen LogP contribution in [0.25, 0.3) is 0 Å². The number of ether oxygens (including phenoxy) is 1. The third kappa shape index (κ3) is 3.93. The summed E-state index contributed by atoms with van der Waals surface area (Å²) in [6.45, 7) is 0. The maximum absolute atomic E-state index is 10.4. The summed E-state index contributed by atoms with van der Waals surface area (Å²) in [7, 11) is 0. The number of benzene rings is 1. The topological polar surface area (TPSA) is 52.4 Å². The van der Waals surface area contributed by atoms with Gasteiger partial charge in [-0.1, -0.05) is 11.6 Å². The first-order chi connectivity index (χ1) is 7.13. The summed E-state index contributed by atoms with van der Waals surface area (Å²) in [6.07, 6.45) is 1.56. The van der Waals surface area contributed by atoms with Crippen molar-refractivity contribution in [2.45, 2.75) is 5.56 Å². The van der Waals surface area contributed by atoms with Gasteiger partial charge in [-0.3, -0.25) is 10.1 Å². The molecule has 0 saturated carbocycles. The molecule has 1 radical (unpaired) electrons. The number of non-ortho nitro benzene ring substituents is 1. The number of nitro groups is 1. The highest BCUT2D eigenvalue weighted by Gasteiger charge is 2.08. The van der Waals surface area contributed by atoms with Crippen molar-refractivity contribution in [3.05, 3.63) is 40.8 Å². The van der Waals surface area contributed by atoms with Crippen LogP contribution in [0, 0.1) is 16.5 Å². The van der Waals surface area contributed by atoms with Gasteiger partial charge in [0, 0.05) is 24.4 Å². The Morgan fingerprint density at radius 2 is 2.07 bits per heavy atom. The summed E-state index contributed by atoms with van der Waals surface area (Å²) >= 11 is 11.1. The van der Waals surface area contributed by atoms with Gasteiger partial charge in [-0.15, -0.1) is 11.6 Å². The van der Waals surface area contributed by atoms with Gasteiger partial charge in [0.2, 0.25) is 0 Å². The molecule has 0 aliphatic carbocycles. The van der Waals surface area contributed by atoms with Crippen LogP contribution in [-0.2, 0) is 0 Å². The summed E-state index contributed by atoms with van der Waals surface area (Å²) in [4.78, 5) is 9.87. The first-order valence-corrected chi connectivity index (χ1v) is 5.05. The van der Waals surface area contributed by atoms with Crippen LogP contribution in [0.3, 0.4) is 0 Å². The fourth-order valence-corrected chi connectivity index (χ4v) is 1.34. The van der Waals surface area contributed by atoms with E-state index in [0.717, 1.165) is 0 Å². The van der Waals surface area contributed by atoms with Gasteiger partial charge in [-0.05, 0) is 12.1 Å². The fraction of sp³-hybridized carbons (Fsp3) is 0.222. The van der Waals surface area contributed by atoms with Gasteiger partial charge in [-0.2, -0.15) is 0 Å². The lowest BCUT2D eigenvalue weighted by atomic mass is 10.3. The highest BCUT2D eigenvalue weighted by Crippen LogP contribution is 2.19. The molecule has 6 heteroatoms. The maximum atomic E-state index is 10.4. The Bertz CT molecular complexity index is 329. The van der Waals surface area contributed by atoms with Crippen molar-refractivity contribution in [3.63, 3.8) is 0 Å². The number of halogens is 2. The van der Waals surface area contributed by atoms with Crippen molar-refractivity contribution < 1.29 is 9.66 Å². The van der Waals surface area contributed by atoms with Gasteiger partial charge in [-0.25, -0.2) is 0 Å². The molecule has 1 unspecified atom stereocenters. The van der Waals surface area contributed by atoms with E-state index in [9.17, 15) is 10.1 Å². The minimum Gasteiger partial charge on any atom is -0.474 e. The Labute approximate surface area is 96.9 Å². The van der Waals surface area contributed by atoms with E-state index in [2.05, 4.69) is 0 Å². The molecule has 0 fully saturated rings. The minimum atomic E-state index is -0.635. The minimum absolute atomic E-state index is 0.00907. The average Bonchev–Trinajstić information content (AvgIpc) is 2.18. The van der Waals surface area contributed by atoms with Gasteiger partial charge in [0.05, 0.1) is 4.92 Å². The lowest BCUT2D eigenvalue weighted by molar-refractivity contribution is -0.384. The number of alkyl halides is 2. The molecule has 15 heavy (non-hydrogen) atoms. The first kappa shape index (κ1) is 12.1. The molecule has 0 amide bonds. The average molecular weight is 249 g/mol. The number of nitrogens with zero attached hydrogens (tertiary/aromatic N) is 1. The zero-order valence-corrected chi connectivity index (χ0v) is 9.11. The molecule has 81 valence electrons. The number of nitro benzene ring substituents is 1. The fourth-order valence-electron chi connectivity index (χ4n) is 0.895. The van der Waals surface area contributed by atoms with Crippen molar-refractivity contribution in [3.8, 4) is 5.75 Å². The van der Waals surface area contributed by atoms with E-state index in [-0.39, 0.29) is 11.6 Å². The van der Waals surface area contributed by atoms with E-state index in [4.69, 9.17) is 27.9 Å². The van der Waals surface area contributed by atoms with Crippen molar-refractivity contribution in [1.82, 2.24) is 0 Å². The van der Waals surface area contributed by atoms with E-state index in [1.807, 2.05) is 0 Å². The second kappa shape index (κ2) is 5.78. The monoisotopic (exact) mass is 248 g/mol. The summed E-state index contributed by atoms with van der Waals surface area (Å²) in [5.74, 6) is 0.739. The normalized spacial score (nSPS) is 12.1. The quantitative estimate of drug-likeness (QED) is 0.458. The van der Waals surface area contributed by atoms with Crippen LogP contribution in [0.2, 0.25) is 0 Å². The molecule has 1 atom stereocenters. The number of rotatable bonds is 5. The van der Waals surface area contributed by atoms with E-state index in [0.29, 0.717) is 5.75 Å². The molecule has 0 N–H and O–H groups in total. The number of hydrogen-bond acceptors (Lipinski definition) is 3. The summed E-state index contributed by atoms with van der Waals surface area (Å²) < 4.78 is 5.19. The SMILES string of the molecule is O=[N+]([O-])c1ccc(OC(Cl)[CH]CCl)cc1. The van der Waals surface area contributed by atoms with E-state index in [1.165, 1.54) is 24.3 Å². The molecule has 0 aromatic heterocycles. The van der Waals surface area contributed by atoms with Gasteiger partial charge in [0.25, 0.3) is 5.69 Å². The Hall–Kier alpha value is -1.00. The third-order valence-corrected chi connectivity index (χ3v) is 2.02. The van der Waals surface area contributed by atoms with Gasteiger partial charge in [0.1, 0.15) is 5.75 Å². The zero-order chi connectivity index (χ0) is 11.3. The van der Waals surface area contributed by atoms with Crippen LogP contribution < -0.4 is 4.74 Å². The second-order valence-corrected chi connectivity index (χ2v) is 3.35. The predicted octanol–water partition coefficient (Wildman–Crippen LogP) is 2.98. The molecule has 4 nitrogen and oxygen atoms in total. The summed E-state index contributed by atoms with van der Waals surface area (Å²) in [5, 5.41) is 10.4. The van der Waals surface area contributed by atoms with Crippen molar-refractivity contribution in [2.75, 3.05) is 5.88 Å². The van der Waals surface area contributed by atoms with E-state index < -0.39 is 10.5 Å². The number of hydrogen-bond donors (Lipinski definition) is 0. The molecule has 0 heterocycles. The molecule has 0 aliphatic rings.